The molecule has 8 nitrogen and oxygen atoms in total. The highest BCUT2D eigenvalue weighted by Crippen LogP contribution is 2.27. The zero-order chi connectivity index (χ0) is 26.7. The molecular weight excluding hydrogens is 502 g/mol. The van der Waals surface area contributed by atoms with Gasteiger partial charge in [0.15, 0.2) is 0 Å². The lowest BCUT2D eigenvalue weighted by Gasteiger charge is -2.31. The lowest BCUT2D eigenvalue weighted by atomic mass is 9.91. The van der Waals surface area contributed by atoms with Crippen LogP contribution in [0.15, 0.2) is 83.8 Å². The molecule has 1 saturated heterocycles. The Morgan fingerprint density at radius 2 is 1.39 bits per heavy atom. The minimum atomic E-state index is -3.62. The van der Waals surface area contributed by atoms with E-state index in [0.29, 0.717) is 35.8 Å². The van der Waals surface area contributed by atoms with Crippen LogP contribution in [-0.4, -0.2) is 55.0 Å². The SMILES string of the molecule is O=C(CCN1C(=O)c2ccccc2C1=O)Nc1ccc(S(=O)(=O)N2CCC(Cc3ccccc3)CC2)cc1. The van der Waals surface area contributed by atoms with Crippen LogP contribution in [0, 0.1) is 5.92 Å². The van der Waals surface area contributed by atoms with Crippen LogP contribution in [0.4, 0.5) is 5.69 Å². The van der Waals surface area contributed by atoms with Crippen molar-refractivity contribution < 1.29 is 22.8 Å². The lowest BCUT2D eigenvalue weighted by molar-refractivity contribution is -0.116. The molecule has 0 bridgehead atoms. The van der Waals surface area contributed by atoms with Gasteiger partial charge in [0.05, 0.1) is 16.0 Å². The van der Waals surface area contributed by atoms with Gasteiger partial charge in [0.1, 0.15) is 0 Å². The minimum absolute atomic E-state index is 0.0368. The van der Waals surface area contributed by atoms with E-state index in [2.05, 4.69) is 17.4 Å². The maximum absolute atomic E-state index is 13.2. The van der Waals surface area contributed by atoms with Crippen molar-refractivity contribution in [3.05, 3.63) is 95.6 Å². The number of amides is 3. The van der Waals surface area contributed by atoms with Crippen molar-refractivity contribution in [2.45, 2.75) is 30.6 Å². The Kier molecular flexibility index (Phi) is 7.40. The molecule has 2 heterocycles. The van der Waals surface area contributed by atoms with Crippen LogP contribution in [0.2, 0.25) is 0 Å². The molecule has 0 aliphatic carbocycles. The Balaban J connectivity index is 1.12. The third-order valence-electron chi connectivity index (χ3n) is 7.16. The first-order valence-corrected chi connectivity index (χ1v) is 14.2. The monoisotopic (exact) mass is 531 g/mol. The number of sulfonamides is 1. The normalized spacial score (nSPS) is 16.5. The summed E-state index contributed by atoms with van der Waals surface area (Å²) in [6, 6.07) is 22.9. The molecule has 1 fully saturated rings. The lowest BCUT2D eigenvalue weighted by Crippen LogP contribution is -2.38. The number of imide groups is 1. The summed E-state index contributed by atoms with van der Waals surface area (Å²) < 4.78 is 27.9. The average molecular weight is 532 g/mol. The molecule has 3 aromatic rings. The molecule has 5 rings (SSSR count). The summed E-state index contributed by atoms with van der Waals surface area (Å²) in [7, 11) is -3.62. The summed E-state index contributed by atoms with van der Waals surface area (Å²) in [5, 5.41) is 2.71. The van der Waals surface area contributed by atoms with Crippen LogP contribution in [-0.2, 0) is 21.2 Å². The quantitative estimate of drug-likeness (QED) is 0.443. The zero-order valence-corrected chi connectivity index (χ0v) is 21.7. The average Bonchev–Trinajstić information content (AvgIpc) is 3.18. The smallest absolute Gasteiger partial charge is 0.261 e. The van der Waals surface area contributed by atoms with E-state index >= 15 is 0 Å². The minimum Gasteiger partial charge on any atom is -0.326 e. The molecule has 2 aliphatic rings. The van der Waals surface area contributed by atoms with Crippen LogP contribution < -0.4 is 5.32 Å². The second kappa shape index (κ2) is 10.9. The van der Waals surface area contributed by atoms with Gasteiger partial charge in [-0.2, -0.15) is 4.31 Å². The van der Waals surface area contributed by atoms with Crippen LogP contribution in [0.25, 0.3) is 0 Å². The van der Waals surface area contributed by atoms with Gasteiger partial charge in [-0.15, -0.1) is 0 Å². The van der Waals surface area contributed by atoms with Crippen LogP contribution in [0.5, 0.6) is 0 Å². The van der Waals surface area contributed by atoms with Crippen LogP contribution >= 0.6 is 0 Å². The first kappa shape index (κ1) is 25.8. The highest BCUT2D eigenvalue weighted by molar-refractivity contribution is 7.89. The molecule has 9 heteroatoms. The summed E-state index contributed by atoms with van der Waals surface area (Å²) >= 11 is 0. The van der Waals surface area contributed by atoms with Gasteiger partial charge in [0.25, 0.3) is 11.8 Å². The molecule has 0 atom stereocenters. The predicted octanol–water partition coefficient (Wildman–Crippen LogP) is 3.95. The van der Waals surface area contributed by atoms with Gasteiger partial charge in [-0.3, -0.25) is 19.3 Å². The van der Waals surface area contributed by atoms with Crippen LogP contribution in [0.1, 0.15) is 45.5 Å². The van der Waals surface area contributed by atoms with Crippen molar-refractivity contribution in [3.63, 3.8) is 0 Å². The maximum Gasteiger partial charge on any atom is 0.261 e. The van der Waals surface area contributed by atoms with Gasteiger partial charge in [0.2, 0.25) is 15.9 Å². The predicted molar refractivity (Wildman–Crippen MR) is 143 cm³/mol. The van der Waals surface area contributed by atoms with Crippen molar-refractivity contribution in [1.82, 2.24) is 9.21 Å². The molecule has 3 amide bonds. The molecule has 3 aromatic carbocycles. The molecule has 38 heavy (non-hydrogen) atoms. The van der Waals surface area contributed by atoms with E-state index < -0.39 is 21.8 Å². The Hall–Kier alpha value is -3.82. The fourth-order valence-corrected chi connectivity index (χ4v) is 6.51. The topological polar surface area (TPSA) is 104 Å². The van der Waals surface area contributed by atoms with Gasteiger partial charge < -0.3 is 5.32 Å². The molecule has 0 radical (unpaired) electrons. The van der Waals surface area contributed by atoms with Crippen molar-refractivity contribution in [3.8, 4) is 0 Å². The van der Waals surface area contributed by atoms with Gasteiger partial charge in [-0.1, -0.05) is 42.5 Å². The summed E-state index contributed by atoms with van der Waals surface area (Å²) in [5.41, 5.74) is 2.40. The van der Waals surface area contributed by atoms with Crippen LogP contribution in [0.3, 0.4) is 0 Å². The number of anilines is 1. The molecule has 0 unspecified atom stereocenters. The van der Waals surface area contributed by atoms with Gasteiger partial charge in [-0.05, 0) is 67.1 Å². The van der Waals surface area contributed by atoms with E-state index in [-0.39, 0.29) is 23.8 Å². The number of nitrogens with zero attached hydrogens (tertiary/aromatic N) is 2. The first-order valence-electron chi connectivity index (χ1n) is 12.7. The van der Waals surface area contributed by atoms with Crippen molar-refractivity contribution in [2.24, 2.45) is 5.92 Å². The van der Waals surface area contributed by atoms with Gasteiger partial charge >= 0.3 is 0 Å². The molecular formula is C29H29N3O5S. The fourth-order valence-electron chi connectivity index (χ4n) is 5.04. The first-order chi connectivity index (χ1) is 18.3. The molecule has 196 valence electrons. The number of piperidine rings is 1. The van der Waals surface area contributed by atoms with E-state index in [1.165, 1.54) is 22.0 Å². The largest absolute Gasteiger partial charge is 0.326 e. The number of benzene rings is 3. The Morgan fingerprint density at radius 1 is 0.816 bits per heavy atom. The van der Waals surface area contributed by atoms with Crippen molar-refractivity contribution in [1.29, 1.82) is 0 Å². The van der Waals surface area contributed by atoms with Gasteiger partial charge in [-0.25, -0.2) is 8.42 Å². The van der Waals surface area contributed by atoms with E-state index in [1.54, 1.807) is 36.4 Å². The maximum atomic E-state index is 13.2. The number of fused-ring (bicyclic) bond motifs is 1. The van der Waals surface area contributed by atoms with E-state index in [4.69, 9.17) is 0 Å². The molecule has 0 spiro atoms. The van der Waals surface area contributed by atoms with E-state index in [0.717, 1.165) is 24.2 Å². The van der Waals surface area contributed by atoms with E-state index in [9.17, 15) is 22.8 Å². The highest BCUT2D eigenvalue weighted by atomic mass is 32.2. The van der Waals surface area contributed by atoms with E-state index in [1.807, 2.05) is 18.2 Å². The number of hydrogen-bond acceptors (Lipinski definition) is 5. The zero-order valence-electron chi connectivity index (χ0n) is 20.9. The molecule has 2 aliphatic heterocycles. The Bertz CT molecular complexity index is 1410. The number of rotatable bonds is 8. The van der Waals surface area contributed by atoms with Crippen molar-refractivity contribution in [2.75, 3.05) is 25.0 Å². The van der Waals surface area contributed by atoms with Crippen molar-refractivity contribution >= 4 is 33.4 Å². The standard InChI is InChI=1S/C29H29N3O5S/c33-27(16-19-32-28(34)25-8-4-5-9-26(25)29(32)35)30-23-10-12-24(13-11-23)38(36,37)31-17-14-22(15-18-31)20-21-6-2-1-3-7-21/h1-13,22H,14-20H2,(H,30,33). The third kappa shape index (κ3) is 5.39. The fraction of sp³-hybridized carbons (Fsp3) is 0.276. The molecule has 0 aromatic heterocycles. The number of carbonyl (C=O) groups is 3. The Labute approximate surface area is 222 Å². The number of carbonyl (C=O) groups excluding carboxylic acids is 3. The summed E-state index contributed by atoms with van der Waals surface area (Å²) in [4.78, 5) is 38.6. The number of nitrogens with one attached hydrogen (secondary N) is 1. The summed E-state index contributed by atoms with van der Waals surface area (Å²) in [5.74, 6) is -0.728. The number of hydrogen-bond donors (Lipinski definition) is 1. The Morgan fingerprint density at radius 3 is 2.00 bits per heavy atom. The third-order valence-corrected chi connectivity index (χ3v) is 9.07. The summed E-state index contributed by atoms with van der Waals surface area (Å²) in [6.45, 7) is 0.928. The second-order valence-corrected chi connectivity index (χ2v) is 11.6. The highest BCUT2D eigenvalue weighted by Gasteiger charge is 2.35. The molecule has 1 N–H and O–H groups in total. The molecule has 0 saturated carbocycles. The van der Waals surface area contributed by atoms with Gasteiger partial charge in [0, 0.05) is 31.7 Å². The second-order valence-electron chi connectivity index (χ2n) is 9.67. The summed E-state index contributed by atoms with van der Waals surface area (Å²) in [6.07, 6.45) is 2.52.